The number of anilines is 1. The predicted octanol–water partition coefficient (Wildman–Crippen LogP) is 5.10. The summed E-state index contributed by atoms with van der Waals surface area (Å²) in [4.78, 5) is 0. The van der Waals surface area contributed by atoms with Gasteiger partial charge in [-0.2, -0.15) is 0 Å². The first-order chi connectivity index (χ1) is 10.1. The third-order valence-corrected chi connectivity index (χ3v) is 3.42. The van der Waals surface area contributed by atoms with Crippen molar-refractivity contribution in [3.05, 3.63) is 59.4 Å². The summed E-state index contributed by atoms with van der Waals surface area (Å²) in [6.45, 7) is 6.55. The van der Waals surface area contributed by atoms with Crippen molar-refractivity contribution < 1.29 is 9.13 Å². The van der Waals surface area contributed by atoms with Gasteiger partial charge >= 0.3 is 0 Å². The maximum Gasteiger partial charge on any atom is 0.142 e. The molecule has 0 saturated heterocycles. The van der Waals surface area contributed by atoms with Crippen LogP contribution < -0.4 is 10.1 Å². The molecule has 1 atom stereocenters. The molecule has 0 radical (unpaired) electrons. The lowest BCUT2D eigenvalue weighted by Crippen LogP contribution is -2.09. The van der Waals surface area contributed by atoms with Crippen LogP contribution in [0.3, 0.4) is 0 Å². The molecule has 2 nitrogen and oxygen atoms in total. The lowest BCUT2D eigenvalue weighted by atomic mass is 10.1. The number of rotatable bonds is 6. The van der Waals surface area contributed by atoms with Gasteiger partial charge in [-0.05, 0) is 49.6 Å². The Bertz CT molecular complexity index is 598. The Morgan fingerprint density at radius 3 is 2.67 bits per heavy atom. The first-order valence-electron chi connectivity index (χ1n) is 7.36. The normalized spacial score (nSPS) is 12.0. The molecule has 0 aliphatic rings. The summed E-state index contributed by atoms with van der Waals surface area (Å²) in [7, 11) is 0. The number of hydrogen-bond donors (Lipinski definition) is 1. The Kier molecular flexibility index (Phi) is 5.20. The van der Waals surface area contributed by atoms with Crippen LogP contribution in [-0.2, 0) is 0 Å². The average molecular weight is 287 g/mol. The van der Waals surface area contributed by atoms with E-state index in [2.05, 4.69) is 12.2 Å². The maximum atomic E-state index is 13.7. The topological polar surface area (TPSA) is 21.3 Å². The molecule has 0 aromatic heterocycles. The number of halogens is 1. The van der Waals surface area contributed by atoms with Crippen molar-refractivity contribution in [1.82, 2.24) is 0 Å². The summed E-state index contributed by atoms with van der Waals surface area (Å²) >= 11 is 0. The molecule has 0 fully saturated rings. The molecule has 0 heterocycles. The monoisotopic (exact) mass is 287 g/mol. The number of nitrogens with one attached hydrogen (secondary N) is 1. The van der Waals surface area contributed by atoms with E-state index in [1.165, 1.54) is 0 Å². The van der Waals surface area contributed by atoms with Crippen LogP contribution in [0.1, 0.15) is 37.4 Å². The second-order valence-electron chi connectivity index (χ2n) is 5.22. The summed E-state index contributed by atoms with van der Waals surface area (Å²) in [6.07, 6.45) is 0.965. The van der Waals surface area contributed by atoms with E-state index in [1.807, 2.05) is 43.3 Å². The van der Waals surface area contributed by atoms with Crippen LogP contribution in [0.2, 0.25) is 0 Å². The van der Waals surface area contributed by atoms with Crippen molar-refractivity contribution in [2.45, 2.75) is 33.2 Å². The Labute approximate surface area is 126 Å². The van der Waals surface area contributed by atoms with Gasteiger partial charge in [0.2, 0.25) is 0 Å². The molecule has 0 spiro atoms. The third kappa shape index (κ3) is 3.97. The molecule has 1 unspecified atom stereocenters. The summed E-state index contributed by atoms with van der Waals surface area (Å²) in [5, 5.41) is 3.39. The number of hydrogen-bond acceptors (Lipinski definition) is 2. The number of aryl methyl sites for hydroxylation is 1. The fraction of sp³-hybridized carbons (Fsp3) is 0.333. The highest BCUT2D eigenvalue weighted by Gasteiger charge is 2.10. The summed E-state index contributed by atoms with van der Waals surface area (Å²) in [5.41, 5.74) is 2.51. The molecular weight excluding hydrogens is 265 g/mol. The van der Waals surface area contributed by atoms with Crippen molar-refractivity contribution in [1.29, 1.82) is 0 Å². The van der Waals surface area contributed by atoms with E-state index < -0.39 is 0 Å². The van der Waals surface area contributed by atoms with Gasteiger partial charge in [-0.1, -0.05) is 31.2 Å². The van der Waals surface area contributed by atoms with Crippen molar-refractivity contribution in [2.75, 3.05) is 11.9 Å². The van der Waals surface area contributed by atoms with E-state index in [4.69, 9.17) is 4.74 Å². The molecule has 2 aromatic rings. The van der Waals surface area contributed by atoms with Crippen LogP contribution in [0.25, 0.3) is 0 Å². The van der Waals surface area contributed by atoms with Crippen LogP contribution in [-0.4, -0.2) is 6.61 Å². The molecule has 1 N–H and O–H groups in total. The highest BCUT2D eigenvalue weighted by molar-refractivity contribution is 5.57. The highest BCUT2D eigenvalue weighted by Crippen LogP contribution is 2.28. The molecule has 0 bridgehead atoms. The lowest BCUT2D eigenvalue weighted by molar-refractivity contribution is 0.318. The van der Waals surface area contributed by atoms with Gasteiger partial charge in [-0.15, -0.1) is 0 Å². The van der Waals surface area contributed by atoms with Crippen molar-refractivity contribution in [2.24, 2.45) is 0 Å². The van der Waals surface area contributed by atoms with Crippen molar-refractivity contribution in [3.8, 4) is 5.75 Å². The molecule has 3 heteroatoms. The predicted molar refractivity (Wildman–Crippen MR) is 85.4 cm³/mol. The summed E-state index contributed by atoms with van der Waals surface area (Å²) < 4.78 is 19.4. The largest absolute Gasteiger partial charge is 0.491 e. The third-order valence-electron chi connectivity index (χ3n) is 3.42. The zero-order valence-corrected chi connectivity index (χ0v) is 12.8. The highest BCUT2D eigenvalue weighted by atomic mass is 19.1. The Balaban J connectivity index is 2.15. The fourth-order valence-corrected chi connectivity index (χ4v) is 2.12. The minimum Gasteiger partial charge on any atom is -0.491 e. The van der Waals surface area contributed by atoms with E-state index in [-0.39, 0.29) is 11.9 Å². The molecule has 2 rings (SSSR count). The second kappa shape index (κ2) is 7.11. The maximum absolute atomic E-state index is 13.7. The fourth-order valence-electron chi connectivity index (χ4n) is 2.12. The lowest BCUT2D eigenvalue weighted by Gasteiger charge is -2.19. The molecule has 0 aliphatic carbocycles. The smallest absolute Gasteiger partial charge is 0.142 e. The van der Waals surface area contributed by atoms with Gasteiger partial charge in [-0.25, -0.2) is 4.39 Å². The Morgan fingerprint density at radius 2 is 1.95 bits per heavy atom. The summed E-state index contributed by atoms with van der Waals surface area (Å²) in [6, 6.07) is 13.2. The van der Waals surface area contributed by atoms with Gasteiger partial charge in [0.05, 0.1) is 12.3 Å². The SMILES string of the molecule is CCCOc1ccccc1NC(C)c1ccc(C)c(F)c1. The molecule has 0 amide bonds. The average Bonchev–Trinajstić information content (AvgIpc) is 2.49. The van der Waals surface area contributed by atoms with Gasteiger partial charge in [0.1, 0.15) is 11.6 Å². The number of ether oxygens (including phenoxy) is 1. The van der Waals surface area contributed by atoms with Gasteiger partial charge in [0.25, 0.3) is 0 Å². The molecule has 0 saturated carbocycles. The molecule has 0 aliphatic heterocycles. The Hall–Kier alpha value is -2.03. The molecule has 21 heavy (non-hydrogen) atoms. The minimum atomic E-state index is -0.170. The molecule has 112 valence electrons. The van der Waals surface area contributed by atoms with Crippen molar-refractivity contribution in [3.63, 3.8) is 0 Å². The van der Waals surface area contributed by atoms with Gasteiger partial charge < -0.3 is 10.1 Å². The zero-order chi connectivity index (χ0) is 15.2. The Morgan fingerprint density at radius 1 is 1.19 bits per heavy atom. The summed E-state index contributed by atoms with van der Waals surface area (Å²) in [5.74, 6) is 0.662. The van der Waals surface area contributed by atoms with Crippen LogP contribution in [0.15, 0.2) is 42.5 Å². The van der Waals surface area contributed by atoms with E-state index in [9.17, 15) is 4.39 Å². The van der Waals surface area contributed by atoms with E-state index in [0.717, 1.165) is 23.4 Å². The van der Waals surface area contributed by atoms with Gasteiger partial charge in [0.15, 0.2) is 0 Å². The van der Waals surface area contributed by atoms with Gasteiger partial charge in [-0.3, -0.25) is 0 Å². The number of benzene rings is 2. The van der Waals surface area contributed by atoms with Crippen LogP contribution >= 0.6 is 0 Å². The number of para-hydroxylation sites is 2. The quantitative estimate of drug-likeness (QED) is 0.798. The molecule has 2 aromatic carbocycles. The standard InChI is InChI=1S/C18H22FNO/c1-4-11-21-18-8-6-5-7-17(18)20-14(3)15-10-9-13(2)16(19)12-15/h5-10,12,14,20H,4,11H2,1-3H3. The van der Waals surface area contributed by atoms with E-state index >= 15 is 0 Å². The zero-order valence-electron chi connectivity index (χ0n) is 12.8. The van der Waals surface area contributed by atoms with Crippen LogP contribution in [0.4, 0.5) is 10.1 Å². The minimum absolute atomic E-state index is 0.00600. The van der Waals surface area contributed by atoms with E-state index in [0.29, 0.717) is 12.2 Å². The van der Waals surface area contributed by atoms with Gasteiger partial charge in [0, 0.05) is 6.04 Å². The van der Waals surface area contributed by atoms with E-state index in [1.54, 1.807) is 13.0 Å². The van der Waals surface area contributed by atoms with Crippen LogP contribution in [0, 0.1) is 12.7 Å². The molecular formula is C18H22FNO. The van der Waals surface area contributed by atoms with Crippen LogP contribution in [0.5, 0.6) is 5.75 Å². The first-order valence-corrected chi connectivity index (χ1v) is 7.36. The second-order valence-corrected chi connectivity index (χ2v) is 5.22. The first kappa shape index (κ1) is 15.4. The van der Waals surface area contributed by atoms with Crippen molar-refractivity contribution >= 4 is 5.69 Å².